The van der Waals surface area contributed by atoms with Gasteiger partial charge in [0, 0.05) is 18.7 Å². The van der Waals surface area contributed by atoms with Crippen molar-refractivity contribution in [3.8, 4) is 0 Å². The highest BCUT2D eigenvalue weighted by molar-refractivity contribution is 7.88. The van der Waals surface area contributed by atoms with Crippen molar-refractivity contribution in [2.45, 2.75) is 44.6 Å². The number of esters is 1. The Labute approximate surface area is 146 Å². The van der Waals surface area contributed by atoms with Crippen LogP contribution in [-0.2, 0) is 25.3 Å². The number of nitrogens with one attached hydrogen (secondary N) is 1. The van der Waals surface area contributed by atoms with Crippen LogP contribution in [0.5, 0.6) is 0 Å². The quantitative estimate of drug-likeness (QED) is 0.414. The number of hydrogen-bond donors (Lipinski definition) is 2. The van der Waals surface area contributed by atoms with Crippen molar-refractivity contribution < 1.29 is 28.0 Å². The Morgan fingerprint density at radius 3 is 2.20 bits per heavy atom. The average molecular weight is 374 g/mol. The van der Waals surface area contributed by atoms with Crippen LogP contribution in [0.3, 0.4) is 0 Å². The second-order valence-electron chi connectivity index (χ2n) is 6.78. The van der Waals surface area contributed by atoms with Crippen molar-refractivity contribution in [3.63, 3.8) is 0 Å². The third-order valence-electron chi connectivity index (χ3n) is 2.98. The SMILES string of the molecule is CC(C)(C)OC(=O)C(C)(O)CNS(=O)(=O)Cc1ccc([N+](=O)[O-])cc1. The third-order valence-corrected chi connectivity index (χ3v) is 4.28. The summed E-state index contributed by atoms with van der Waals surface area (Å²) in [5, 5.41) is 20.7. The Kier molecular flexibility index (Phi) is 6.27. The van der Waals surface area contributed by atoms with Gasteiger partial charge in [-0.05, 0) is 33.3 Å². The number of carbonyl (C=O) groups is 1. The maximum Gasteiger partial charge on any atom is 0.339 e. The lowest BCUT2D eigenvalue weighted by Crippen LogP contribution is -2.49. The molecule has 140 valence electrons. The van der Waals surface area contributed by atoms with Gasteiger partial charge in [-0.3, -0.25) is 10.1 Å². The van der Waals surface area contributed by atoms with Gasteiger partial charge in [-0.1, -0.05) is 12.1 Å². The van der Waals surface area contributed by atoms with Crippen molar-refractivity contribution in [2.75, 3.05) is 6.54 Å². The highest BCUT2D eigenvalue weighted by atomic mass is 32.2. The van der Waals surface area contributed by atoms with Gasteiger partial charge in [0.15, 0.2) is 5.60 Å². The van der Waals surface area contributed by atoms with Crippen molar-refractivity contribution in [3.05, 3.63) is 39.9 Å². The number of aliphatic hydroxyl groups is 1. The largest absolute Gasteiger partial charge is 0.458 e. The second-order valence-corrected chi connectivity index (χ2v) is 8.59. The Morgan fingerprint density at radius 2 is 1.76 bits per heavy atom. The van der Waals surface area contributed by atoms with E-state index in [9.17, 15) is 28.4 Å². The van der Waals surface area contributed by atoms with E-state index in [-0.39, 0.29) is 5.69 Å². The summed E-state index contributed by atoms with van der Waals surface area (Å²) in [6.07, 6.45) is 0. The van der Waals surface area contributed by atoms with Gasteiger partial charge in [-0.2, -0.15) is 0 Å². The number of carbonyl (C=O) groups excluding carboxylic acids is 1. The minimum atomic E-state index is -3.87. The molecule has 9 nitrogen and oxygen atoms in total. The lowest BCUT2D eigenvalue weighted by Gasteiger charge is -2.27. The standard InChI is InChI=1S/C15H22N2O7S/c1-14(2,3)24-13(18)15(4,19)10-16-25(22,23)9-11-5-7-12(8-6-11)17(20)21/h5-8,16,19H,9-10H2,1-4H3. The smallest absolute Gasteiger partial charge is 0.339 e. The number of ether oxygens (including phenoxy) is 1. The van der Waals surface area contributed by atoms with E-state index in [0.29, 0.717) is 5.56 Å². The number of benzene rings is 1. The van der Waals surface area contributed by atoms with Gasteiger partial charge >= 0.3 is 5.97 Å². The van der Waals surface area contributed by atoms with Crippen LogP contribution >= 0.6 is 0 Å². The molecule has 0 saturated carbocycles. The lowest BCUT2D eigenvalue weighted by molar-refractivity contribution is -0.384. The Morgan fingerprint density at radius 1 is 1.24 bits per heavy atom. The zero-order valence-corrected chi connectivity index (χ0v) is 15.3. The Hall–Kier alpha value is -2.04. The molecule has 25 heavy (non-hydrogen) atoms. The minimum absolute atomic E-state index is 0.151. The zero-order valence-electron chi connectivity index (χ0n) is 14.5. The van der Waals surface area contributed by atoms with E-state index < -0.39 is 44.4 Å². The molecule has 0 aromatic heterocycles. The summed E-state index contributed by atoms with van der Waals surface area (Å²) < 4.78 is 31.3. The molecule has 0 aliphatic carbocycles. The average Bonchev–Trinajstić information content (AvgIpc) is 2.44. The first-order valence-corrected chi connectivity index (χ1v) is 9.04. The number of nitro groups is 1. The van der Waals surface area contributed by atoms with Crippen molar-refractivity contribution in [1.29, 1.82) is 0 Å². The summed E-state index contributed by atoms with van der Waals surface area (Å²) in [5.41, 5.74) is -2.67. The molecule has 0 heterocycles. The highest BCUT2D eigenvalue weighted by Crippen LogP contribution is 2.16. The molecule has 0 amide bonds. The highest BCUT2D eigenvalue weighted by Gasteiger charge is 2.36. The van der Waals surface area contributed by atoms with Crippen molar-refractivity contribution in [2.24, 2.45) is 0 Å². The monoisotopic (exact) mass is 374 g/mol. The van der Waals surface area contributed by atoms with E-state index >= 15 is 0 Å². The Balaban J connectivity index is 2.71. The molecule has 10 heteroatoms. The third kappa shape index (κ3) is 7.16. The minimum Gasteiger partial charge on any atom is -0.458 e. The summed E-state index contributed by atoms with van der Waals surface area (Å²) in [4.78, 5) is 21.9. The van der Waals surface area contributed by atoms with Crippen LogP contribution in [0.15, 0.2) is 24.3 Å². The van der Waals surface area contributed by atoms with Crippen molar-refractivity contribution in [1.82, 2.24) is 4.72 Å². The van der Waals surface area contributed by atoms with Crippen LogP contribution in [0.1, 0.15) is 33.3 Å². The van der Waals surface area contributed by atoms with Gasteiger partial charge in [0.2, 0.25) is 10.0 Å². The number of non-ortho nitro benzene ring substituents is 1. The molecule has 1 aromatic rings. The lowest BCUT2D eigenvalue weighted by atomic mass is 10.1. The van der Waals surface area contributed by atoms with Gasteiger partial charge in [-0.15, -0.1) is 0 Å². The van der Waals surface area contributed by atoms with E-state index in [1.165, 1.54) is 24.3 Å². The maximum absolute atomic E-state index is 12.1. The summed E-state index contributed by atoms with van der Waals surface area (Å²) in [7, 11) is -3.87. The number of nitrogens with zero attached hydrogens (tertiary/aromatic N) is 1. The maximum atomic E-state index is 12.1. The summed E-state index contributed by atoms with van der Waals surface area (Å²) >= 11 is 0. The van der Waals surface area contributed by atoms with Crippen LogP contribution in [-0.4, -0.2) is 42.2 Å². The molecule has 1 atom stereocenters. The fourth-order valence-electron chi connectivity index (χ4n) is 1.70. The van der Waals surface area contributed by atoms with Crippen LogP contribution < -0.4 is 4.72 Å². The molecule has 0 radical (unpaired) electrons. The number of rotatable bonds is 7. The molecule has 0 bridgehead atoms. The number of hydrogen-bond acceptors (Lipinski definition) is 7. The number of sulfonamides is 1. The van der Waals surface area contributed by atoms with Crippen LogP contribution in [0.4, 0.5) is 5.69 Å². The molecule has 0 aliphatic heterocycles. The van der Waals surface area contributed by atoms with Gasteiger partial charge in [0.05, 0.1) is 10.7 Å². The molecule has 0 spiro atoms. The fraction of sp³-hybridized carbons (Fsp3) is 0.533. The summed E-state index contributed by atoms with van der Waals surface area (Å²) in [6, 6.07) is 5.04. The Bertz CT molecular complexity index is 734. The van der Waals surface area contributed by atoms with Crippen molar-refractivity contribution >= 4 is 21.7 Å². The zero-order chi connectivity index (χ0) is 19.5. The van der Waals surface area contributed by atoms with Gasteiger partial charge in [0.1, 0.15) is 5.60 Å². The van der Waals surface area contributed by atoms with E-state index in [4.69, 9.17) is 4.74 Å². The van der Waals surface area contributed by atoms with E-state index in [1.807, 2.05) is 0 Å². The summed E-state index contributed by atoms with van der Waals surface area (Å²) in [5.74, 6) is -1.40. The van der Waals surface area contributed by atoms with E-state index in [0.717, 1.165) is 6.92 Å². The molecule has 1 unspecified atom stereocenters. The molecule has 0 aliphatic rings. The first-order valence-electron chi connectivity index (χ1n) is 7.38. The molecule has 1 rings (SSSR count). The first-order chi connectivity index (χ1) is 11.2. The van der Waals surface area contributed by atoms with E-state index in [2.05, 4.69) is 4.72 Å². The molecule has 0 fully saturated rings. The fourth-order valence-corrected chi connectivity index (χ4v) is 2.93. The predicted octanol–water partition coefficient (Wildman–Crippen LogP) is 1.11. The molecule has 2 N–H and O–H groups in total. The molecule has 1 aromatic carbocycles. The van der Waals surface area contributed by atoms with Gasteiger partial charge in [-0.25, -0.2) is 17.9 Å². The van der Waals surface area contributed by atoms with Crippen LogP contribution in [0.2, 0.25) is 0 Å². The van der Waals surface area contributed by atoms with Crippen LogP contribution in [0, 0.1) is 10.1 Å². The number of nitro benzene ring substituents is 1. The topological polar surface area (TPSA) is 136 Å². The molecular formula is C15H22N2O7S. The van der Waals surface area contributed by atoms with E-state index in [1.54, 1.807) is 20.8 Å². The second kappa shape index (κ2) is 7.46. The van der Waals surface area contributed by atoms with Gasteiger partial charge < -0.3 is 9.84 Å². The summed E-state index contributed by atoms with van der Waals surface area (Å²) in [6.45, 7) is 5.46. The van der Waals surface area contributed by atoms with Gasteiger partial charge in [0.25, 0.3) is 5.69 Å². The molecule has 0 saturated heterocycles. The normalized spacial score (nSPS) is 14.6. The first kappa shape index (κ1) is 21.0. The molecular weight excluding hydrogens is 352 g/mol. The van der Waals surface area contributed by atoms with Crippen LogP contribution in [0.25, 0.3) is 0 Å². The predicted molar refractivity (Wildman–Crippen MR) is 90.2 cm³/mol.